The molecule has 2 aromatic heterocycles. The quantitative estimate of drug-likeness (QED) is 0.137. The molecule has 0 saturated carbocycles. The zero-order chi connectivity index (χ0) is 30.9. The molecule has 3 aromatic rings. The number of anilines is 2. The molecule has 1 aliphatic heterocycles. The van der Waals surface area contributed by atoms with E-state index in [0.717, 1.165) is 10.9 Å². The lowest BCUT2D eigenvalue weighted by Crippen LogP contribution is -2.53. The number of aromatic nitrogens is 4. The van der Waals surface area contributed by atoms with Gasteiger partial charge in [0.15, 0.2) is 23.2 Å². The van der Waals surface area contributed by atoms with Gasteiger partial charge in [0.1, 0.15) is 24.0 Å². The number of para-hydroxylation sites is 1. The molecule has 42 heavy (non-hydrogen) atoms. The van der Waals surface area contributed by atoms with Crippen molar-refractivity contribution >= 4 is 48.2 Å². The maximum absolute atomic E-state index is 14.5. The number of carbonyl (C=O) groups is 1. The van der Waals surface area contributed by atoms with Crippen LogP contribution in [0.5, 0.6) is 5.75 Å². The Bertz CT molecular complexity index is 1470. The van der Waals surface area contributed by atoms with Crippen molar-refractivity contribution in [2.75, 3.05) is 31.3 Å². The van der Waals surface area contributed by atoms with Gasteiger partial charge in [-0.05, 0) is 26.0 Å². The number of alkyl halides is 4. The van der Waals surface area contributed by atoms with Crippen LogP contribution in [0.1, 0.15) is 20.1 Å². The molecular weight excluding hydrogens is 610 g/mol. The minimum atomic E-state index is -5.24. The van der Waals surface area contributed by atoms with Gasteiger partial charge >= 0.3 is 19.9 Å². The molecule has 14 nitrogen and oxygen atoms in total. The molecule has 4 rings (SSSR count). The van der Waals surface area contributed by atoms with E-state index in [2.05, 4.69) is 25.4 Å². The molecule has 6 atom stereocenters. The summed E-state index contributed by atoms with van der Waals surface area (Å²) in [6.07, 6.45) is -10.6. The first-order chi connectivity index (χ1) is 19.7. The molecule has 0 bridgehead atoms. The molecule has 5 N–H and O–H groups in total. The molecular formula is C23H28ClF3N7O7P. The first-order valence-electron chi connectivity index (χ1n) is 12.4. The van der Waals surface area contributed by atoms with Gasteiger partial charge < -0.3 is 30.2 Å². The van der Waals surface area contributed by atoms with Gasteiger partial charge in [-0.25, -0.2) is 9.55 Å². The summed E-state index contributed by atoms with van der Waals surface area (Å²) >= 11 is 6.13. The lowest BCUT2D eigenvalue weighted by atomic mass is 9.98. The van der Waals surface area contributed by atoms with E-state index < -0.39 is 55.9 Å². The highest BCUT2D eigenvalue weighted by Crippen LogP contribution is 2.55. The fourth-order valence-electron chi connectivity index (χ4n) is 4.18. The number of carbonyl (C=O) groups excluding carboxylic acids is 1. The molecule has 0 spiro atoms. The Kier molecular flexibility index (Phi) is 9.20. The van der Waals surface area contributed by atoms with E-state index in [0.29, 0.717) is 0 Å². The van der Waals surface area contributed by atoms with E-state index in [1.807, 2.05) is 0 Å². The number of nitrogens with zero attached hydrogens (tertiary/aromatic N) is 4. The Labute approximate surface area is 242 Å². The number of imidazole rings is 1. The largest absolute Gasteiger partial charge is 0.465 e. The van der Waals surface area contributed by atoms with Gasteiger partial charge in [0.25, 0.3) is 0 Å². The molecule has 0 aliphatic carbocycles. The van der Waals surface area contributed by atoms with Gasteiger partial charge in [-0.2, -0.15) is 28.2 Å². The highest BCUT2D eigenvalue weighted by Gasteiger charge is 2.71. The normalized spacial score (nSPS) is 24.7. The van der Waals surface area contributed by atoms with Crippen LogP contribution in [0.4, 0.5) is 24.9 Å². The summed E-state index contributed by atoms with van der Waals surface area (Å²) in [7, 11) is -3.01. The van der Waals surface area contributed by atoms with E-state index in [1.165, 1.54) is 26.1 Å². The summed E-state index contributed by atoms with van der Waals surface area (Å²) in [6, 6.07) is 6.46. The summed E-state index contributed by atoms with van der Waals surface area (Å²) in [5.74, 6) is -0.886. The maximum atomic E-state index is 14.5. The van der Waals surface area contributed by atoms with Crippen LogP contribution in [-0.4, -0.2) is 80.2 Å². The molecule has 230 valence electrons. The van der Waals surface area contributed by atoms with Gasteiger partial charge in [0, 0.05) is 7.05 Å². The zero-order valence-electron chi connectivity index (χ0n) is 22.4. The lowest BCUT2D eigenvalue weighted by molar-refractivity contribution is -0.195. The summed E-state index contributed by atoms with van der Waals surface area (Å²) < 4.78 is 79.4. The van der Waals surface area contributed by atoms with Crippen LogP contribution >= 0.6 is 19.3 Å². The van der Waals surface area contributed by atoms with Gasteiger partial charge in [-0.15, -0.1) is 11.6 Å². The summed E-state index contributed by atoms with van der Waals surface area (Å²) in [4.78, 5) is 20.7. The summed E-state index contributed by atoms with van der Waals surface area (Å²) in [6.45, 7) is 2.01. The van der Waals surface area contributed by atoms with Crippen LogP contribution in [0.25, 0.3) is 11.2 Å². The number of fused-ring (bicyclic) bond motifs is 1. The Morgan fingerprint density at radius 2 is 2.02 bits per heavy atom. The third kappa shape index (κ3) is 6.11. The Morgan fingerprint density at radius 1 is 1.33 bits per heavy atom. The minimum absolute atomic E-state index is 0.0314. The molecule has 0 amide bonds. The van der Waals surface area contributed by atoms with E-state index >= 15 is 0 Å². The number of benzene rings is 1. The predicted molar refractivity (Wildman–Crippen MR) is 144 cm³/mol. The molecule has 3 heterocycles. The van der Waals surface area contributed by atoms with Gasteiger partial charge in [0.05, 0.1) is 19.5 Å². The molecule has 1 aromatic carbocycles. The number of ether oxygens (including phenoxy) is 2. The molecule has 0 unspecified atom stereocenters. The monoisotopic (exact) mass is 637 g/mol. The predicted octanol–water partition coefficient (Wildman–Crippen LogP) is 2.99. The Hall–Kier alpha value is -3.21. The number of nitrogen functional groups attached to an aromatic ring is 1. The Morgan fingerprint density at radius 3 is 2.64 bits per heavy atom. The van der Waals surface area contributed by atoms with Gasteiger partial charge in [-0.1, -0.05) is 18.2 Å². The van der Waals surface area contributed by atoms with E-state index in [9.17, 15) is 27.6 Å². The topological polar surface area (TPSA) is 185 Å². The van der Waals surface area contributed by atoms with Crippen molar-refractivity contribution in [3.63, 3.8) is 0 Å². The molecule has 19 heteroatoms. The van der Waals surface area contributed by atoms with Crippen molar-refractivity contribution in [2.45, 2.75) is 49.4 Å². The highest BCUT2D eigenvalue weighted by molar-refractivity contribution is 7.52. The van der Waals surface area contributed by atoms with Crippen molar-refractivity contribution in [2.24, 2.45) is 0 Å². The van der Waals surface area contributed by atoms with Crippen LogP contribution in [0.2, 0.25) is 0 Å². The smallest absolute Gasteiger partial charge is 0.459 e. The summed E-state index contributed by atoms with van der Waals surface area (Å²) in [5, 5.41) is 16.0. The van der Waals surface area contributed by atoms with Crippen molar-refractivity contribution < 1.29 is 46.2 Å². The third-order valence-electron chi connectivity index (χ3n) is 6.18. The van der Waals surface area contributed by atoms with Crippen LogP contribution < -0.4 is 20.7 Å². The number of hydrogen-bond donors (Lipinski definition) is 4. The van der Waals surface area contributed by atoms with E-state index in [4.69, 9.17) is 35.9 Å². The van der Waals surface area contributed by atoms with E-state index in [1.54, 1.807) is 25.1 Å². The summed E-state index contributed by atoms with van der Waals surface area (Å²) in [5.41, 5.74) is 5.62. The molecule has 0 radical (unpaired) electrons. The average Bonchev–Trinajstić information content (AvgIpc) is 3.46. The van der Waals surface area contributed by atoms with Crippen molar-refractivity contribution in [1.29, 1.82) is 0 Å². The number of rotatable bonds is 11. The number of nitrogens with one attached hydrogen (secondary N) is 2. The van der Waals surface area contributed by atoms with E-state index in [-0.39, 0.29) is 35.3 Å². The molecule has 1 fully saturated rings. The number of aliphatic hydroxyl groups is 1. The molecule has 1 aliphatic rings. The Balaban J connectivity index is 1.66. The highest BCUT2D eigenvalue weighted by atomic mass is 35.5. The fraction of sp³-hybridized carbons (Fsp3) is 0.478. The number of halogens is 4. The lowest BCUT2D eigenvalue weighted by Gasteiger charge is -2.32. The first-order valence-corrected chi connectivity index (χ1v) is 14.4. The van der Waals surface area contributed by atoms with Gasteiger partial charge in [0.2, 0.25) is 10.8 Å². The number of esters is 1. The second kappa shape index (κ2) is 12.2. The fourth-order valence-corrected chi connectivity index (χ4v) is 5.98. The van der Waals surface area contributed by atoms with Crippen LogP contribution in [-0.2, 0) is 23.4 Å². The maximum Gasteiger partial charge on any atom is 0.459 e. The van der Waals surface area contributed by atoms with Crippen LogP contribution in [0.15, 0.2) is 36.7 Å². The van der Waals surface area contributed by atoms with Gasteiger partial charge in [-0.3, -0.25) is 13.9 Å². The second-order valence-corrected chi connectivity index (χ2v) is 11.4. The first kappa shape index (κ1) is 31.7. The average molecular weight is 638 g/mol. The van der Waals surface area contributed by atoms with Crippen molar-refractivity contribution in [3.05, 3.63) is 36.7 Å². The number of aliphatic hydroxyl groups excluding tert-OH is 1. The third-order valence-corrected chi connectivity index (χ3v) is 8.45. The minimum Gasteiger partial charge on any atom is -0.465 e. The van der Waals surface area contributed by atoms with Crippen molar-refractivity contribution in [1.82, 2.24) is 24.6 Å². The number of nitrogens with two attached hydrogens (primary N) is 1. The SMILES string of the molecule is CCOC(=O)[C@@H](C)N[P@](=O)(OC[C@H]1O[C@@H](n2cnc3c(NC)nc(N)nc32)[C@@](Cl)(C(F)(F)F)[C@@H]1O)Oc1ccccc1. The van der Waals surface area contributed by atoms with Crippen molar-refractivity contribution in [3.8, 4) is 5.75 Å². The number of hydrogen-bond acceptors (Lipinski definition) is 12. The second-order valence-electron chi connectivity index (χ2n) is 9.04. The van der Waals surface area contributed by atoms with Crippen LogP contribution in [0, 0.1) is 0 Å². The van der Waals surface area contributed by atoms with Crippen LogP contribution in [0.3, 0.4) is 0 Å². The zero-order valence-corrected chi connectivity index (χ0v) is 24.1. The standard InChI is InChI=1S/C23H28ClF3N7O7P/c1-4-38-19(36)12(2)33-42(37,41-13-8-6-5-7-9-13)39-10-14-16(35)22(24,23(25,26)27)20(40-14)34-11-30-15-17(29-3)31-21(28)32-18(15)34/h5-9,11-12,14,16,20,35H,4,10H2,1-3H3,(H,33,37)(H3,28,29,31,32)/t12-,14-,16-,20-,22-,42+/m1/s1. The molecule has 1 saturated heterocycles.